The highest BCUT2D eigenvalue weighted by Crippen LogP contribution is 2.28. The van der Waals surface area contributed by atoms with Crippen LogP contribution in [-0.2, 0) is 21.2 Å². The number of halogens is 1. The minimum atomic E-state index is -3.21. The molecule has 144 valence electrons. The van der Waals surface area contributed by atoms with Gasteiger partial charge in [0, 0.05) is 30.1 Å². The molecule has 0 aromatic heterocycles. The van der Waals surface area contributed by atoms with E-state index in [1.807, 2.05) is 36.4 Å². The van der Waals surface area contributed by atoms with Crippen LogP contribution in [0.2, 0.25) is 5.02 Å². The fourth-order valence-electron chi connectivity index (χ4n) is 3.22. The highest BCUT2D eigenvalue weighted by molar-refractivity contribution is 7.88. The first-order valence-corrected chi connectivity index (χ1v) is 11.0. The first kappa shape index (κ1) is 19.9. The molecule has 0 amide bonds. The zero-order chi connectivity index (χ0) is 19.4. The Hall–Kier alpha value is -1.89. The van der Waals surface area contributed by atoms with Gasteiger partial charge in [0.05, 0.1) is 12.2 Å². The standard InChI is InChI=1S/C20H22ClNO4S/c1-27(24,25)22-11-9-16(10-12-22)20(23)26-19-8-7-18(21)14-17(19)13-15-5-3-2-4-6-15/h2-8,14,16H,9-13H2,1H3. The zero-order valence-corrected chi connectivity index (χ0v) is 16.7. The third-order valence-corrected chi connectivity index (χ3v) is 6.27. The molecule has 2 aromatic carbocycles. The van der Waals surface area contributed by atoms with Gasteiger partial charge in [-0.1, -0.05) is 41.9 Å². The molecule has 27 heavy (non-hydrogen) atoms. The van der Waals surface area contributed by atoms with E-state index in [0.717, 1.165) is 11.1 Å². The van der Waals surface area contributed by atoms with Crippen LogP contribution in [0, 0.1) is 5.92 Å². The van der Waals surface area contributed by atoms with Gasteiger partial charge in [-0.05, 0) is 36.6 Å². The predicted octanol–water partition coefficient (Wildman–Crippen LogP) is 3.51. The van der Waals surface area contributed by atoms with Crippen molar-refractivity contribution in [2.45, 2.75) is 19.3 Å². The number of benzene rings is 2. The second-order valence-corrected chi connectivity index (χ2v) is 9.19. The van der Waals surface area contributed by atoms with Gasteiger partial charge in [0.1, 0.15) is 5.75 Å². The van der Waals surface area contributed by atoms with Gasteiger partial charge in [-0.25, -0.2) is 12.7 Å². The van der Waals surface area contributed by atoms with E-state index in [-0.39, 0.29) is 11.9 Å². The molecule has 3 rings (SSSR count). The summed E-state index contributed by atoms with van der Waals surface area (Å²) >= 11 is 6.12. The number of sulfonamides is 1. The first-order valence-electron chi connectivity index (χ1n) is 8.82. The van der Waals surface area contributed by atoms with E-state index in [9.17, 15) is 13.2 Å². The van der Waals surface area contributed by atoms with E-state index in [1.165, 1.54) is 10.6 Å². The highest BCUT2D eigenvalue weighted by Gasteiger charge is 2.30. The minimum absolute atomic E-state index is 0.303. The molecule has 0 saturated carbocycles. The monoisotopic (exact) mass is 407 g/mol. The summed E-state index contributed by atoms with van der Waals surface area (Å²) in [5.74, 6) is -0.123. The van der Waals surface area contributed by atoms with Crippen LogP contribution in [-0.4, -0.2) is 38.0 Å². The fraction of sp³-hybridized carbons (Fsp3) is 0.350. The van der Waals surface area contributed by atoms with E-state index in [4.69, 9.17) is 16.3 Å². The molecule has 0 bridgehead atoms. The molecule has 1 fully saturated rings. The van der Waals surface area contributed by atoms with Crippen molar-refractivity contribution in [3.8, 4) is 5.75 Å². The fourth-order valence-corrected chi connectivity index (χ4v) is 4.29. The molecule has 5 nitrogen and oxygen atoms in total. The lowest BCUT2D eigenvalue weighted by molar-refractivity contribution is -0.140. The summed E-state index contributed by atoms with van der Waals surface area (Å²) in [5.41, 5.74) is 1.94. The molecule has 7 heteroatoms. The SMILES string of the molecule is CS(=O)(=O)N1CCC(C(=O)Oc2ccc(Cl)cc2Cc2ccccc2)CC1. The summed E-state index contributed by atoms with van der Waals surface area (Å²) in [4.78, 5) is 12.6. The van der Waals surface area contributed by atoms with Crippen molar-refractivity contribution in [3.63, 3.8) is 0 Å². The molecule has 0 aliphatic carbocycles. The van der Waals surface area contributed by atoms with Gasteiger partial charge in [0.15, 0.2) is 0 Å². The van der Waals surface area contributed by atoms with E-state index < -0.39 is 10.0 Å². The molecule has 2 aromatic rings. The largest absolute Gasteiger partial charge is 0.426 e. The molecule has 0 N–H and O–H groups in total. The van der Waals surface area contributed by atoms with Crippen LogP contribution in [0.3, 0.4) is 0 Å². The van der Waals surface area contributed by atoms with Gasteiger partial charge in [-0.2, -0.15) is 0 Å². The van der Waals surface area contributed by atoms with Gasteiger partial charge < -0.3 is 4.74 Å². The van der Waals surface area contributed by atoms with Crippen LogP contribution in [0.4, 0.5) is 0 Å². The lowest BCUT2D eigenvalue weighted by Crippen LogP contribution is -2.40. The van der Waals surface area contributed by atoms with Crippen LogP contribution in [0.5, 0.6) is 5.75 Å². The quantitative estimate of drug-likeness (QED) is 0.562. The summed E-state index contributed by atoms with van der Waals surface area (Å²) in [6.07, 6.45) is 2.73. The van der Waals surface area contributed by atoms with Crippen molar-refractivity contribution in [3.05, 3.63) is 64.7 Å². The van der Waals surface area contributed by atoms with E-state index in [1.54, 1.807) is 12.1 Å². The van der Waals surface area contributed by atoms with Gasteiger partial charge in [-0.15, -0.1) is 0 Å². The third-order valence-electron chi connectivity index (χ3n) is 4.73. The van der Waals surface area contributed by atoms with Crippen molar-refractivity contribution in [1.29, 1.82) is 0 Å². The third kappa shape index (κ3) is 5.31. The Labute approximate surface area is 165 Å². The molecule has 1 saturated heterocycles. The van der Waals surface area contributed by atoms with E-state index in [2.05, 4.69) is 0 Å². The molecule has 0 unspecified atom stereocenters. The molecule has 0 radical (unpaired) electrons. The number of piperidine rings is 1. The summed E-state index contributed by atoms with van der Waals surface area (Å²) in [5, 5.41) is 0.585. The Balaban J connectivity index is 1.69. The van der Waals surface area contributed by atoms with Gasteiger partial charge >= 0.3 is 5.97 Å². The maximum Gasteiger partial charge on any atom is 0.314 e. The van der Waals surface area contributed by atoms with Crippen LogP contribution >= 0.6 is 11.6 Å². The molecule has 1 aliphatic heterocycles. The number of hydrogen-bond donors (Lipinski definition) is 0. The van der Waals surface area contributed by atoms with Crippen molar-refractivity contribution >= 4 is 27.6 Å². The molecule has 0 spiro atoms. The molecule has 1 heterocycles. The van der Waals surface area contributed by atoms with E-state index >= 15 is 0 Å². The Bertz CT molecular complexity index is 907. The van der Waals surface area contributed by atoms with Crippen molar-refractivity contribution < 1.29 is 17.9 Å². The Morgan fingerprint density at radius 2 is 1.81 bits per heavy atom. The predicted molar refractivity (Wildman–Crippen MR) is 105 cm³/mol. The number of hydrogen-bond acceptors (Lipinski definition) is 4. The summed E-state index contributed by atoms with van der Waals surface area (Å²) < 4.78 is 30.3. The van der Waals surface area contributed by atoms with Crippen LogP contribution < -0.4 is 4.74 Å². The Morgan fingerprint density at radius 1 is 1.15 bits per heavy atom. The van der Waals surface area contributed by atoms with Crippen LogP contribution in [0.1, 0.15) is 24.0 Å². The number of rotatable bonds is 5. The Morgan fingerprint density at radius 3 is 2.44 bits per heavy atom. The number of nitrogens with zero attached hydrogens (tertiary/aromatic N) is 1. The van der Waals surface area contributed by atoms with Crippen LogP contribution in [0.25, 0.3) is 0 Å². The van der Waals surface area contributed by atoms with E-state index in [0.29, 0.717) is 43.1 Å². The topological polar surface area (TPSA) is 63.7 Å². The average molecular weight is 408 g/mol. The summed E-state index contributed by atoms with van der Waals surface area (Å²) in [6.45, 7) is 0.687. The lowest BCUT2D eigenvalue weighted by atomic mass is 9.98. The molecule has 0 atom stereocenters. The lowest BCUT2D eigenvalue weighted by Gasteiger charge is -2.29. The normalized spacial score (nSPS) is 16.2. The first-order chi connectivity index (χ1) is 12.8. The van der Waals surface area contributed by atoms with Gasteiger partial charge in [0.25, 0.3) is 0 Å². The molecular formula is C20H22ClNO4S. The Kier molecular flexibility index (Phi) is 6.19. The number of esters is 1. The van der Waals surface area contributed by atoms with Crippen molar-refractivity contribution in [1.82, 2.24) is 4.31 Å². The minimum Gasteiger partial charge on any atom is -0.426 e. The number of carbonyl (C=O) groups is 1. The maximum atomic E-state index is 12.6. The summed E-state index contributed by atoms with van der Waals surface area (Å²) in [6, 6.07) is 15.1. The van der Waals surface area contributed by atoms with Crippen LogP contribution in [0.15, 0.2) is 48.5 Å². The number of ether oxygens (including phenoxy) is 1. The van der Waals surface area contributed by atoms with Crippen molar-refractivity contribution in [2.24, 2.45) is 5.92 Å². The highest BCUT2D eigenvalue weighted by atomic mass is 35.5. The number of carbonyl (C=O) groups excluding carboxylic acids is 1. The molecular weight excluding hydrogens is 386 g/mol. The van der Waals surface area contributed by atoms with Gasteiger partial charge in [-0.3, -0.25) is 4.79 Å². The molecule has 1 aliphatic rings. The second kappa shape index (κ2) is 8.42. The average Bonchev–Trinajstić information content (AvgIpc) is 2.64. The maximum absolute atomic E-state index is 12.6. The second-order valence-electron chi connectivity index (χ2n) is 6.77. The smallest absolute Gasteiger partial charge is 0.314 e. The van der Waals surface area contributed by atoms with Crippen molar-refractivity contribution in [2.75, 3.05) is 19.3 Å². The zero-order valence-electron chi connectivity index (χ0n) is 15.1. The van der Waals surface area contributed by atoms with Gasteiger partial charge in [0.2, 0.25) is 10.0 Å². The summed E-state index contributed by atoms with van der Waals surface area (Å²) in [7, 11) is -3.21.